The van der Waals surface area contributed by atoms with Gasteiger partial charge in [0.2, 0.25) is 5.91 Å². The molecule has 0 bridgehead atoms. The fourth-order valence-corrected chi connectivity index (χ4v) is 4.02. The van der Waals surface area contributed by atoms with Crippen LogP contribution in [0.4, 0.5) is 0 Å². The first-order valence-electron chi connectivity index (χ1n) is 11.4. The van der Waals surface area contributed by atoms with Gasteiger partial charge in [-0.05, 0) is 49.6 Å². The normalized spacial score (nSPS) is 15.4. The molecular formula is C27H30N2O4. The Morgan fingerprint density at radius 1 is 0.939 bits per heavy atom. The molecule has 172 valence electrons. The smallest absolute Gasteiger partial charge is 0.254 e. The van der Waals surface area contributed by atoms with Crippen LogP contribution < -0.4 is 0 Å². The van der Waals surface area contributed by atoms with E-state index in [0.717, 1.165) is 24.0 Å². The largest absolute Gasteiger partial charge is 0.467 e. The van der Waals surface area contributed by atoms with Crippen molar-refractivity contribution in [2.45, 2.75) is 39.0 Å². The Labute approximate surface area is 194 Å². The third kappa shape index (κ3) is 6.33. The number of aryl methyl sites for hydroxylation is 1. The lowest BCUT2D eigenvalue weighted by Gasteiger charge is -2.29. The van der Waals surface area contributed by atoms with Gasteiger partial charge < -0.3 is 19.0 Å². The second-order valence-corrected chi connectivity index (χ2v) is 8.50. The van der Waals surface area contributed by atoms with Crippen LogP contribution in [0.25, 0.3) is 0 Å². The third-order valence-corrected chi connectivity index (χ3v) is 5.86. The molecule has 0 spiro atoms. The van der Waals surface area contributed by atoms with E-state index in [4.69, 9.17) is 9.15 Å². The molecule has 1 saturated heterocycles. The van der Waals surface area contributed by atoms with Crippen LogP contribution in [-0.2, 0) is 22.6 Å². The van der Waals surface area contributed by atoms with E-state index in [1.807, 2.05) is 73.7 Å². The standard InChI is InChI=1S/C27H30N2O4/c1-21-11-13-23(14-12-21)27(31)29(19-25-10-6-16-33-25)20-26(30)28(18-24-9-5-15-32-24)17-22-7-3-2-4-8-22/h2-5,7-9,11-15,25H,6,10,16-20H2,1H3. The molecule has 1 aliphatic heterocycles. The first-order chi connectivity index (χ1) is 16.1. The summed E-state index contributed by atoms with van der Waals surface area (Å²) in [6.45, 7) is 3.85. The molecule has 4 rings (SSSR count). The van der Waals surface area contributed by atoms with Crippen molar-refractivity contribution in [2.75, 3.05) is 19.7 Å². The summed E-state index contributed by atoms with van der Waals surface area (Å²) < 4.78 is 11.3. The van der Waals surface area contributed by atoms with Crippen LogP contribution >= 0.6 is 0 Å². The summed E-state index contributed by atoms with van der Waals surface area (Å²) >= 11 is 0. The molecule has 0 aliphatic carbocycles. The zero-order valence-electron chi connectivity index (χ0n) is 19.0. The molecule has 1 unspecified atom stereocenters. The molecule has 1 atom stereocenters. The lowest BCUT2D eigenvalue weighted by molar-refractivity contribution is -0.133. The fraction of sp³-hybridized carbons (Fsp3) is 0.333. The van der Waals surface area contributed by atoms with Crippen LogP contribution in [0.2, 0.25) is 0 Å². The van der Waals surface area contributed by atoms with Crippen LogP contribution in [0.3, 0.4) is 0 Å². The van der Waals surface area contributed by atoms with Gasteiger partial charge in [0, 0.05) is 25.3 Å². The summed E-state index contributed by atoms with van der Waals surface area (Å²) in [4.78, 5) is 30.2. The average Bonchev–Trinajstić information content (AvgIpc) is 3.53. The minimum absolute atomic E-state index is 0.0138. The molecule has 3 aromatic rings. The molecule has 1 aromatic heterocycles. The van der Waals surface area contributed by atoms with Crippen LogP contribution in [0.5, 0.6) is 0 Å². The Balaban J connectivity index is 1.53. The number of furan rings is 1. The SMILES string of the molecule is Cc1ccc(C(=O)N(CC(=O)N(Cc2ccccc2)Cc2ccco2)CC2CCCO2)cc1. The molecular weight excluding hydrogens is 416 g/mol. The Morgan fingerprint density at radius 2 is 1.73 bits per heavy atom. The van der Waals surface area contributed by atoms with E-state index in [0.29, 0.717) is 37.6 Å². The minimum Gasteiger partial charge on any atom is -0.467 e. The number of hydrogen-bond donors (Lipinski definition) is 0. The Bertz CT molecular complexity index is 1030. The number of ether oxygens (including phenoxy) is 1. The molecule has 1 fully saturated rings. The molecule has 33 heavy (non-hydrogen) atoms. The predicted molar refractivity (Wildman–Crippen MR) is 125 cm³/mol. The molecule has 0 saturated carbocycles. The van der Waals surface area contributed by atoms with Crippen LogP contribution in [-0.4, -0.2) is 47.4 Å². The summed E-state index contributed by atoms with van der Waals surface area (Å²) in [7, 11) is 0. The van der Waals surface area contributed by atoms with E-state index in [1.54, 1.807) is 16.1 Å². The van der Waals surface area contributed by atoms with E-state index in [-0.39, 0.29) is 24.5 Å². The lowest BCUT2D eigenvalue weighted by Crippen LogP contribution is -2.45. The Hall–Kier alpha value is -3.38. The monoisotopic (exact) mass is 446 g/mol. The molecule has 6 nitrogen and oxygen atoms in total. The fourth-order valence-electron chi connectivity index (χ4n) is 4.02. The van der Waals surface area contributed by atoms with Gasteiger partial charge in [-0.1, -0.05) is 48.0 Å². The van der Waals surface area contributed by atoms with E-state index < -0.39 is 0 Å². The van der Waals surface area contributed by atoms with Gasteiger partial charge in [-0.2, -0.15) is 0 Å². The Kier molecular flexibility index (Phi) is 7.58. The van der Waals surface area contributed by atoms with Crippen LogP contribution in [0.15, 0.2) is 77.4 Å². The number of carbonyl (C=O) groups excluding carboxylic acids is 2. The second-order valence-electron chi connectivity index (χ2n) is 8.50. The molecule has 0 radical (unpaired) electrons. The van der Waals surface area contributed by atoms with Crippen molar-refractivity contribution in [3.05, 3.63) is 95.4 Å². The van der Waals surface area contributed by atoms with Crippen LogP contribution in [0, 0.1) is 6.92 Å². The number of benzene rings is 2. The maximum atomic E-state index is 13.5. The summed E-state index contributed by atoms with van der Waals surface area (Å²) in [5.41, 5.74) is 2.68. The lowest BCUT2D eigenvalue weighted by atomic mass is 10.1. The van der Waals surface area contributed by atoms with Gasteiger partial charge in [0.25, 0.3) is 5.91 Å². The molecule has 2 amide bonds. The highest BCUT2D eigenvalue weighted by Gasteiger charge is 2.27. The minimum atomic E-state index is -0.156. The van der Waals surface area contributed by atoms with Gasteiger partial charge >= 0.3 is 0 Å². The second kappa shape index (κ2) is 11.0. The number of rotatable bonds is 9. The van der Waals surface area contributed by atoms with Crippen molar-refractivity contribution in [3.8, 4) is 0 Å². The van der Waals surface area contributed by atoms with Crippen molar-refractivity contribution >= 4 is 11.8 Å². The first-order valence-corrected chi connectivity index (χ1v) is 11.4. The van der Waals surface area contributed by atoms with Crippen molar-refractivity contribution in [3.63, 3.8) is 0 Å². The van der Waals surface area contributed by atoms with E-state index in [9.17, 15) is 9.59 Å². The maximum absolute atomic E-state index is 13.5. The van der Waals surface area contributed by atoms with Crippen molar-refractivity contribution in [1.29, 1.82) is 0 Å². The van der Waals surface area contributed by atoms with Gasteiger partial charge in [-0.15, -0.1) is 0 Å². The molecule has 0 N–H and O–H groups in total. The highest BCUT2D eigenvalue weighted by atomic mass is 16.5. The van der Waals surface area contributed by atoms with Crippen molar-refractivity contribution in [1.82, 2.24) is 9.80 Å². The molecule has 6 heteroatoms. The van der Waals surface area contributed by atoms with Gasteiger partial charge in [-0.25, -0.2) is 0 Å². The third-order valence-electron chi connectivity index (χ3n) is 5.86. The highest BCUT2D eigenvalue weighted by Crippen LogP contribution is 2.17. The summed E-state index contributed by atoms with van der Waals surface area (Å²) in [6.07, 6.45) is 3.43. The number of amides is 2. The molecule has 2 aromatic carbocycles. The predicted octanol–water partition coefficient (Wildman–Crippen LogP) is 4.44. The van der Waals surface area contributed by atoms with Crippen molar-refractivity contribution in [2.24, 2.45) is 0 Å². The topological polar surface area (TPSA) is 63.0 Å². The number of nitrogens with zero attached hydrogens (tertiary/aromatic N) is 2. The van der Waals surface area contributed by atoms with Crippen molar-refractivity contribution < 1.29 is 18.7 Å². The van der Waals surface area contributed by atoms with E-state index in [2.05, 4.69) is 0 Å². The zero-order chi connectivity index (χ0) is 23.0. The highest BCUT2D eigenvalue weighted by molar-refractivity contribution is 5.96. The Morgan fingerprint density at radius 3 is 2.39 bits per heavy atom. The number of hydrogen-bond acceptors (Lipinski definition) is 4. The van der Waals surface area contributed by atoms with E-state index in [1.165, 1.54) is 0 Å². The van der Waals surface area contributed by atoms with Gasteiger partial charge in [-0.3, -0.25) is 9.59 Å². The quantitative estimate of drug-likeness (QED) is 0.488. The first kappa shape index (κ1) is 22.8. The summed E-state index contributed by atoms with van der Waals surface area (Å²) in [6, 6.07) is 21.0. The maximum Gasteiger partial charge on any atom is 0.254 e. The molecule has 1 aliphatic rings. The summed E-state index contributed by atoms with van der Waals surface area (Å²) in [5.74, 6) is 0.417. The van der Waals surface area contributed by atoms with Crippen LogP contribution in [0.1, 0.15) is 40.1 Å². The molecule has 2 heterocycles. The van der Waals surface area contributed by atoms with Gasteiger partial charge in [0.15, 0.2) is 0 Å². The summed E-state index contributed by atoms with van der Waals surface area (Å²) in [5, 5.41) is 0. The van der Waals surface area contributed by atoms with E-state index >= 15 is 0 Å². The average molecular weight is 447 g/mol. The number of carbonyl (C=O) groups is 2. The van der Waals surface area contributed by atoms with Gasteiger partial charge in [0.1, 0.15) is 12.3 Å². The van der Waals surface area contributed by atoms with Gasteiger partial charge in [0.05, 0.1) is 18.9 Å². The zero-order valence-corrected chi connectivity index (χ0v) is 19.0.